The Bertz CT molecular complexity index is 1350. The van der Waals surface area contributed by atoms with Gasteiger partial charge in [-0.3, -0.25) is 9.78 Å². The molecule has 3 aromatic rings. The van der Waals surface area contributed by atoms with Gasteiger partial charge in [0.05, 0.1) is 18.8 Å². The second kappa shape index (κ2) is 11.7. The lowest BCUT2D eigenvalue weighted by Gasteiger charge is -2.30. The second-order valence-electron chi connectivity index (χ2n) is 9.36. The first kappa shape index (κ1) is 26.6. The Morgan fingerprint density at radius 2 is 1.92 bits per heavy atom. The summed E-state index contributed by atoms with van der Waals surface area (Å²) in [6.45, 7) is 9.19. The predicted octanol–water partition coefficient (Wildman–Crippen LogP) is 5.07. The average Bonchev–Trinajstić information content (AvgIpc) is 2.90. The Balaban J connectivity index is 1.71. The Kier molecular flexibility index (Phi) is 8.42. The summed E-state index contributed by atoms with van der Waals surface area (Å²) in [6.07, 6.45) is 4.79. The van der Waals surface area contributed by atoms with Crippen LogP contribution in [-0.4, -0.2) is 59.0 Å². The maximum Gasteiger partial charge on any atom is 0.254 e. The Labute approximate surface area is 223 Å². The van der Waals surface area contributed by atoms with E-state index in [-0.39, 0.29) is 5.91 Å². The molecule has 37 heavy (non-hydrogen) atoms. The standard InChI is InChI=1S/C29H32ClN5O2/c1-5-34(4)9-7-20-12-24(25-11-19(3)16-33-28(25)30)23-8-10-35(29(36)26(23)13-20)18-22-14-27(37-6-2)21(15-31)17-32-22/h11-14,16-17H,5-10,18H2,1-4H3. The number of nitriles is 1. The third-order valence-corrected chi connectivity index (χ3v) is 7.04. The van der Waals surface area contributed by atoms with E-state index in [0.717, 1.165) is 47.3 Å². The van der Waals surface area contributed by atoms with Crippen LogP contribution in [0.5, 0.6) is 5.75 Å². The number of aryl methyl sites for hydroxylation is 1. The molecule has 1 aliphatic rings. The van der Waals surface area contributed by atoms with E-state index in [9.17, 15) is 10.1 Å². The summed E-state index contributed by atoms with van der Waals surface area (Å²) in [4.78, 5) is 26.6. The molecule has 0 N–H and O–H groups in total. The van der Waals surface area contributed by atoms with E-state index in [1.807, 2.05) is 30.9 Å². The molecule has 1 aliphatic heterocycles. The zero-order chi connectivity index (χ0) is 26.5. The van der Waals surface area contributed by atoms with Crippen LogP contribution >= 0.6 is 11.6 Å². The molecule has 1 amide bonds. The van der Waals surface area contributed by atoms with Gasteiger partial charge in [0.15, 0.2) is 0 Å². The number of fused-ring (bicyclic) bond motifs is 1. The number of hydrogen-bond donors (Lipinski definition) is 0. The van der Waals surface area contributed by atoms with Crippen molar-refractivity contribution in [1.29, 1.82) is 5.26 Å². The van der Waals surface area contributed by atoms with Gasteiger partial charge in [-0.25, -0.2) is 4.98 Å². The van der Waals surface area contributed by atoms with Crippen molar-refractivity contribution >= 4 is 17.5 Å². The molecule has 1 aromatic carbocycles. The Morgan fingerprint density at radius 1 is 1.14 bits per heavy atom. The summed E-state index contributed by atoms with van der Waals surface area (Å²) in [5.41, 5.74) is 6.74. The van der Waals surface area contributed by atoms with Gasteiger partial charge in [-0.2, -0.15) is 5.26 Å². The zero-order valence-corrected chi connectivity index (χ0v) is 22.6. The number of pyridine rings is 2. The van der Waals surface area contributed by atoms with Gasteiger partial charge in [0.1, 0.15) is 22.5 Å². The van der Waals surface area contributed by atoms with Crippen LogP contribution in [0.2, 0.25) is 5.15 Å². The molecule has 0 spiro atoms. The average molecular weight is 518 g/mol. The van der Waals surface area contributed by atoms with Crippen LogP contribution in [0.1, 0.15) is 52.2 Å². The molecule has 0 atom stereocenters. The van der Waals surface area contributed by atoms with Crippen LogP contribution < -0.4 is 4.74 Å². The molecule has 0 radical (unpaired) electrons. The molecule has 0 unspecified atom stereocenters. The maximum absolute atomic E-state index is 13.8. The lowest BCUT2D eigenvalue weighted by molar-refractivity contribution is 0.0724. The van der Waals surface area contributed by atoms with Crippen molar-refractivity contribution in [2.24, 2.45) is 0 Å². The molecule has 0 fully saturated rings. The van der Waals surface area contributed by atoms with E-state index < -0.39 is 0 Å². The van der Waals surface area contributed by atoms with E-state index in [1.54, 1.807) is 12.3 Å². The quantitative estimate of drug-likeness (QED) is 0.369. The third kappa shape index (κ3) is 5.93. The summed E-state index contributed by atoms with van der Waals surface area (Å²) >= 11 is 6.56. The largest absolute Gasteiger partial charge is 0.492 e. The first-order chi connectivity index (χ1) is 17.8. The number of nitrogens with zero attached hydrogens (tertiary/aromatic N) is 5. The van der Waals surface area contributed by atoms with Crippen LogP contribution in [0.3, 0.4) is 0 Å². The van der Waals surface area contributed by atoms with Gasteiger partial charge in [0.2, 0.25) is 0 Å². The van der Waals surface area contributed by atoms with Crippen molar-refractivity contribution in [3.05, 3.63) is 75.3 Å². The monoisotopic (exact) mass is 517 g/mol. The van der Waals surface area contributed by atoms with E-state index >= 15 is 0 Å². The minimum Gasteiger partial charge on any atom is -0.492 e. The summed E-state index contributed by atoms with van der Waals surface area (Å²) in [6, 6.07) is 10.1. The van der Waals surface area contributed by atoms with Crippen molar-refractivity contribution in [1.82, 2.24) is 19.8 Å². The number of benzene rings is 1. The van der Waals surface area contributed by atoms with E-state index in [2.05, 4.69) is 41.0 Å². The molecule has 3 heterocycles. The van der Waals surface area contributed by atoms with Gasteiger partial charge in [0.25, 0.3) is 5.91 Å². The van der Waals surface area contributed by atoms with Crippen LogP contribution in [0.15, 0.2) is 36.7 Å². The molecule has 0 saturated heterocycles. The number of hydrogen-bond acceptors (Lipinski definition) is 6. The van der Waals surface area contributed by atoms with Gasteiger partial charge in [0, 0.05) is 42.7 Å². The molecule has 0 aliphatic carbocycles. The Hall–Kier alpha value is -3.47. The van der Waals surface area contributed by atoms with Crippen LogP contribution in [-0.2, 0) is 19.4 Å². The fraction of sp³-hybridized carbons (Fsp3) is 0.379. The van der Waals surface area contributed by atoms with Gasteiger partial charge in [-0.1, -0.05) is 24.6 Å². The van der Waals surface area contributed by atoms with Crippen molar-refractivity contribution in [2.45, 2.75) is 40.2 Å². The number of likely N-dealkylation sites (N-methyl/N-ethyl adjacent to an activating group) is 1. The minimum absolute atomic E-state index is 0.0333. The fourth-order valence-corrected chi connectivity index (χ4v) is 4.79. The fourth-order valence-electron chi connectivity index (χ4n) is 4.58. The highest BCUT2D eigenvalue weighted by Gasteiger charge is 2.28. The highest BCUT2D eigenvalue weighted by atomic mass is 35.5. The molecule has 8 heteroatoms. The summed E-state index contributed by atoms with van der Waals surface area (Å²) < 4.78 is 5.61. The molecule has 7 nitrogen and oxygen atoms in total. The van der Waals surface area contributed by atoms with E-state index in [4.69, 9.17) is 16.3 Å². The SMILES string of the molecule is CCOc1cc(CN2CCc3c(cc(CCN(C)CC)cc3-c3cc(C)cnc3Cl)C2=O)ncc1C#N. The minimum atomic E-state index is -0.0333. The Morgan fingerprint density at radius 3 is 2.65 bits per heavy atom. The third-order valence-electron chi connectivity index (χ3n) is 6.74. The number of rotatable bonds is 9. The topological polar surface area (TPSA) is 82.3 Å². The molecule has 0 saturated carbocycles. The smallest absolute Gasteiger partial charge is 0.254 e. The number of carbonyl (C=O) groups is 1. The molecule has 4 rings (SSSR count). The van der Waals surface area contributed by atoms with E-state index in [0.29, 0.717) is 53.8 Å². The van der Waals surface area contributed by atoms with Gasteiger partial charge in [-0.15, -0.1) is 0 Å². The summed E-state index contributed by atoms with van der Waals surface area (Å²) in [5, 5.41) is 9.77. The van der Waals surface area contributed by atoms with Crippen molar-refractivity contribution in [3.63, 3.8) is 0 Å². The number of halogens is 1. The highest BCUT2D eigenvalue weighted by Crippen LogP contribution is 2.36. The van der Waals surface area contributed by atoms with E-state index in [1.165, 1.54) is 6.20 Å². The van der Waals surface area contributed by atoms with Crippen LogP contribution in [0.4, 0.5) is 0 Å². The number of carbonyl (C=O) groups excluding carboxylic acids is 1. The lowest BCUT2D eigenvalue weighted by atomic mass is 9.87. The van der Waals surface area contributed by atoms with Crippen LogP contribution in [0, 0.1) is 18.3 Å². The first-order valence-corrected chi connectivity index (χ1v) is 13.0. The zero-order valence-electron chi connectivity index (χ0n) is 21.8. The molecule has 2 aromatic heterocycles. The molecule has 192 valence electrons. The second-order valence-corrected chi connectivity index (χ2v) is 9.72. The summed E-state index contributed by atoms with van der Waals surface area (Å²) in [5.74, 6) is 0.458. The molecule has 0 bridgehead atoms. The van der Waals surface area contributed by atoms with Crippen molar-refractivity contribution in [3.8, 4) is 22.9 Å². The maximum atomic E-state index is 13.8. The normalized spacial score (nSPS) is 13.0. The molecular formula is C29H32ClN5O2. The summed E-state index contributed by atoms with van der Waals surface area (Å²) in [7, 11) is 2.09. The lowest BCUT2D eigenvalue weighted by Crippen LogP contribution is -2.37. The van der Waals surface area contributed by atoms with Crippen molar-refractivity contribution in [2.75, 3.05) is 33.3 Å². The van der Waals surface area contributed by atoms with Crippen LogP contribution in [0.25, 0.3) is 11.1 Å². The molecular weight excluding hydrogens is 486 g/mol. The van der Waals surface area contributed by atoms with Gasteiger partial charge in [-0.05, 0) is 74.7 Å². The first-order valence-electron chi connectivity index (χ1n) is 12.6. The highest BCUT2D eigenvalue weighted by molar-refractivity contribution is 6.32. The van der Waals surface area contributed by atoms with Crippen molar-refractivity contribution < 1.29 is 9.53 Å². The predicted molar refractivity (Wildman–Crippen MR) is 145 cm³/mol. The van der Waals surface area contributed by atoms with Gasteiger partial charge >= 0.3 is 0 Å². The number of amides is 1. The van der Waals surface area contributed by atoms with Gasteiger partial charge < -0.3 is 14.5 Å². The number of aromatic nitrogens is 2. The number of ether oxygens (including phenoxy) is 1.